The maximum absolute atomic E-state index is 5.53. The third-order valence-electron chi connectivity index (χ3n) is 3.42. The van der Waals surface area contributed by atoms with Crippen LogP contribution in [0.3, 0.4) is 0 Å². The third-order valence-corrected chi connectivity index (χ3v) is 3.42. The Bertz CT molecular complexity index is 347. The van der Waals surface area contributed by atoms with Gasteiger partial charge in [-0.15, -0.1) is 0 Å². The smallest absolute Gasteiger partial charge is 0.128 e. The van der Waals surface area contributed by atoms with Crippen molar-refractivity contribution in [3.63, 3.8) is 0 Å². The van der Waals surface area contributed by atoms with Crippen molar-refractivity contribution in [1.82, 2.24) is 4.98 Å². The molecule has 1 aromatic rings. The first kappa shape index (κ1) is 13.3. The van der Waals surface area contributed by atoms with E-state index in [1.54, 1.807) is 0 Å². The lowest BCUT2D eigenvalue weighted by Gasteiger charge is -2.27. The fourth-order valence-corrected chi connectivity index (χ4v) is 2.39. The summed E-state index contributed by atoms with van der Waals surface area (Å²) in [6.07, 6.45) is 5.26. The monoisotopic (exact) mass is 249 g/mol. The molecule has 0 aromatic carbocycles. The highest BCUT2D eigenvalue weighted by Crippen LogP contribution is 2.17. The molecule has 0 amide bonds. The van der Waals surface area contributed by atoms with E-state index in [4.69, 9.17) is 10.5 Å². The van der Waals surface area contributed by atoms with E-state index in [2.05, 4.69) is 29.1 Å². The van der Waals surface area contributed by atoms with Crippen molar-refractivity contribution in [2.24, 2.45) is 11.7 Å². The molecule has 1 aromatic heterocycles. The second-order valence-electron chi connectivity index (χ2n) is 5.03. The van der Waals surface area contributed by atoms with E-state index >= 15 is 0 Å². The lowest BCUT2D eigenvalue weighted by Crippen LogP contribution is -2.31. The van der Waals surface area contributed by atoms with E-state index < -0.39 is 0 Å². The summed E-state index contributed by atoms with van der Waals surface area (Å²) >= 11 is 0. The van der Waals surface area contributed by atoms with Gasteiger partial charge < -0.3 is 15.4 Å². The minimum Gasteiger partial charge on any atom is -0.381 e. The van der Waals surface area contributed by atoms with Gasteiger partial charge in [0, 0.05) is 26.4 Å². The molecular formula is C14H23N3O. The van der Waals surface area contributed by atoms with Crippen molar-refractivity contribution in [3.05, 3.63) is 23.9 Å². The van der Waals surface area contributed by atoms with Gasteiger partial charge in [-0.05, 0) is 43.4 Å². The number of nitrogens with zero attached hydrogens (tertiary/aromatic N) is 2. The van der Waals surface area contributed by atoms with Crippen LogP contribution in [0, 0.1) is 5.92 Å². The molecule has 0 radical (unpaired) electrons. The van der Waals surface area contributed by atoms with Crippen LogP contribution in [0.25, 0.3) is 0 Å². The molecule has 1 atom stereocenters. The second kappa shape index (κ2) is 6.71. The van der Waals surface area contributed by atoms with Crippen LogP contribution < -0.4 is 10.6 Å². The number of ether oxygens (including phenoxy) is 1. The van der Waals surface area contributed by atoms with Gasteiger partial charge >= 0.3 is 0 Å². The number of aromatic nitrogens is 1. The topological polar surface area (TPSA) is 51.4 Å². The van der Waals surface area contributed by atoms with E-state index in [9.17, 15) is 0 Å². The van der Waals surface area contributed by atoms with Gasteiger partial charge in [-0.2, -0.15) is 0 Å². The zero-order valence-electron chi connectivity index (χ0n) is 11.1. The molecule has 0 aliphatic carbocycles. The average Bonchev–Trinajstić information content (AvgIpc) is 2.41. The summed E-state index contributed by atoms with van der Waals surface area (Å²) in [7, 11) is 2.10. The van der Waals surface area contributed by atoms with Crippen LogP contribution in [-0.2, 0) is 11.2 Å². The molecule has 2 N–H and O–H groups in total. The molecule has 4 nitrogen and oxygen atoms in total. The van der Waals surface area contributed by atoms with Crippen LogP contribution in [0.1, 0.15) is 18.4 Å². The predicted molar refractivity (Wildman–Crippen MR) is 73.8 cm³/mol. The lowest BCUT2D eigenvalue weighted by molar-refractivity contribution is 0.0576. The van der Waals surface area contributed by atoms with E-state index in [0.29, 0.717) is 12.5 Å². The first-order chi connectivity index (χ1) is 8.79. The van der Waals surface area contributed by atoms with Crippen molar-refractivity contribution in [3.8, 4) is 0 Å². The Kier molecular flexibility index (Phi) is 4.96. The number of nitrogens with two attached hydrogens (primary N) is 1. The predicted octanol–water partition coefficient (Wildman–Crippen LogP) is 1.45. The highest BCUT2D eigenvalue weighted by atomic mass is 16.5. The summed E-state index contributed by atoms with van der Waals surface area (Å²) in [6, 6.07) is 4.19. The molecular weight excluding hydrogens is 226 g/mol. The lowest BCUT2D eigenvalue weighted by atomic mass is 10.0. The molecule has 1 fully saturated rings. The van der Waals surface area contributed by atoms with Crippen molar-refractivity contribution < 1.29 is 4.74 Å². The van der Waals surface area contributed by atoms with Crippen LogP contribution in [-0.4, -0.2) is 38.3 Å². The fourth-order valence-electron chi connectivity index (χ4n) is 2.39. The molecule has 100 valence electrons. The van der Waals surface area contributed by atoms with E-state index in [-0.39, 0.29) is 0 Å². The average molecular weight is 249 g/mol. The number of rotatable bonds is 5. The zero-order valence-corrected chi connectivity index (χ0v) is 11.1. The van der Waals surface area contributed by atoms with Crippen LogP contribution >= 0.6 is 0 Å². The minimum atomic E-state index is 0.634. The molecule has 1 aliphatic heterocycles. The minimum absolute atomic E-state index is 0.634. The second-order valence-corrected chi connectivity index (χ2v) is 5.03. The highest BCUT2D eigenvalue weighted by molar-refractivity contribution is 5.38. The van der Waals surface area contributed by atoms with Gasteiger partial charge in [-0.25, -0.2) is 4.98 Å². The number of hydrogen-bond donors (Lipinski definition) is 1. The number of hydrogen-bond acceptors (Lipinski definition) is 4. The SMILES string of the molecule is CN(CC1CCCOC1)c1ccc(CCN)cn1. The molecule has 1 saturated heterocycles. The molecule has 4 heteroatoms. The van der Waals surface area contributed by atoms with Crippen molar-refractivity contribution in [1.29, 1.82) is 0 Å². The van der Waals surface area contributed by atoms with Crippen LogP contribution in [0.2, 0.25) is 0 Å². The molecule has 1 unspecified atom stereocenters. The summed E-state index contributed by atoms with van der Waals surface area (Å²) in [5.41, 5.74) is 6.73. The molecule has 2 heterocycles. The summed E-state index contributed by atoms with van der Waals surface area (Å²) in [5.74, 6) is 1.66. The molecule has 18 heavy (non-hydrogen) atoms. The normalized spacial score (nSPS) is 19.8. The van der Waals surface area contributed by atoms with Crippen LogP contribution in [0.4, 0.5) is 5.82 Å². The maximum atomic E-state index is 5.53. The Morgan fingerprint density at radius 3 is 3.00 bits per heavy atom. The van der Waals surface area contributed by atoms with E-state index in [0.717, 1.165) is 32.0 Å². The van der Waals surface area contributed by atoms with Crippen molar-refractivity contribution >= 4 is 5.82 Å². The Hall–Kier alpha value is -1.13. The Morgan fingerprint density at radius 2 is 2.39 bits per heavy atom. The van der Waals surface area contributed by atoms with Crippen molar-refractivity contribution in [2.75, 3.05) is 38.3 Å². The number of anilines is 1. The summed E-state index contributed by atoms with van der Waals surface area (Å²) < 4.78 is 5.51. The summed E-state index contributed by atoms with van der Waals surface area (Å²) in [5, 5.41) is 0. The molecule has 1 aliphatic rings. The van der Waals surface area contributed by atoms with Crippen LogP contribution in [0.15, 0.2) is 18.3 Å². The number of pyridine rings is 1. The summed E-state index contributed by atoms with van der Waals surface area (Å²) in [6.45, 7) is 3.50. The molecule has 0 spiro atoms. The zero-order chi connectivity index (χ0) is 12.8. The van der Waals surface area contributed by atoms with E-state index in [1.165, 1.54) is 18.4 Å². The van der Waals surface area contributed by atoms with Crippen LogP contribution in [0.5, 0.6) is 0 Å². The van der Waals surface area contributed by atoms with Gasteiger partial charge in [-0.1, -0.05) is 6.07 Å². The van der Waals surface area contributed by atoms with Gasteiger partial charge in [0.15, 0.2) is 0 Å². The Labute approximate surface area is 109 Å². The van der Waals surface area contributed by atoms with Gasteiger partial charge in [-0.3, -0.25) is 0 Å². The Balaban J connectivity index is 1.89. The molecule has 0 bridgehead atoms. The van der Waals surface area contributed by atoms with E-state index in [1.807, 2.05) is 6.20 Å². The maximum Gasteiger partial charge on any atom is 0.128 e. The first-order valence-corrected chi connectivity index (χ1v) is 6.73. The summed E-state index contributed by atoms with van der Waals surface area (Å²) in [4.78, 5) is 6.71. The largest absolute Gasteiger partial charge is 0.381 e. The van der Waals surface area contributed by atoms with Crippen molar-refractivity contribution in [2.45, 2.75) is 19.3 Å². The van der Waals surface area contributed by atoms with Gasteiger partial charge in [0.2, 0.25) is 0 Å². The van der Waals surface area contributed by atoms with Gasteiger partial charge in [0.25, 0.3) is 0 Å². The Morgan fingerprint density at radius 1 is 1.50 bits per heavy atom. The highest BCUT2D eigenvalue weighted by Gasteiger charge is 2.16. The first-order valence-electron chi connectivity index (χ1n) is 6.73. The standard InChI is InChI=1S/C14H23N3O/c1-17(10-13-3-2-8-18-11-13)14-5-4-12(6-7-15)9-16-14/h4-5,9,13H,2-3,6-8,10-11,15H2,1H3. The quantitative estimate of drug-likeness (QED) is 0.858. The molecule has 0 saturated carbocycles. The van der Waals surface area contributed by atoms with Gasteiger partial charge in [0.05, 0.1) is 6.61 Å². The fraction of sp³-hybridized carbons (Fsp3) is 0.643. The molecule has 2 rings (SSSR count). The third kappa shape index (κ3) is 3.68. The van der Waals surface area contributed by atoms with Gasteiger partial charge in [0.1, 0.15) is 5.82 Å².